The number of nitrogens with two attached hydrogens (primary N) is 1. The van der Waals surface area contributed by atoms with Crippen molar-refractivity contribution in [1.29, 1.82) is 0 Å². The maximum Gasteiger partial charge on any atom is 0.255 e. The molecular weight excluding hydrogens is 218 g/mol. The zero-order valence-corrected chi connectivity index (χ0v) is 10.1. The minimum Gasteiger partial charge on any atom is -0.494 e. The summed E-state index contributed by atoms with van der Waals surface area (Å²) in [5.41, 5.74) is 5.90. The Labute approximate surface area is 101 Å². The number of nitrogens with one attached hydrogen (secondary N) is 1. The molecule has 0 fully saturated rings. The van der Waals surface area contributed by atoms with Crippen LogP contribution in [0.25, 0.3) is 0 Å². The summed E-state index contributed by atoms with van der Waals surface area (Å²) in [7, 11) is 1.52. The summed E-state index contributed by atoms with van der Waals surface area (Å²) in [5.74, 6) is 0.365. The molecule has 1 aromatic heterocycles. The number of pyridine rings is 1. The van der Waals surface area contributed by atoms with Crippen LogP contribution in [-0.2, 0) is 0 Å². The molecule has 1 rings (SSSR count). The van der Waals surface area contributed by atoms with E-state index in [4.69, 9.17) is 10.5 Å². The molecule has 0 bridgehead atoms. The first-order chi connectivity index (χ1) is 8.29. The van der Waals surface area contributed by atoms with Crippen LogP contribution in [0, 0.1) is 0 Å². The van der Waals surface area contributed by atoms with Crippen molar-refractivity contribution in [3.8, 4) is 5.75 Å². The Morgan fingerprint density at radius 1 is 1.47 bits per heavy atom. The summed E-state index contributed by atoms with van der Waals surface area (Å²) in [6, 6.07) is 1.65. The fraction of sp³-hybridized carbons (Fsp3) is 0.500. The van der Waals surface area contributed by atoms with Crippen LogP contribution in [-0.4, -0.2) is 31.1 Å². The van der Waals surface area contributed by atoms with Gasteiger partial charge in [-0.05, 0) is 25.5 Å². The number of methoxy groups -OCH3 is 1. The van der Waals surface area contributed by atoms with Gasteiger partial charge in [0.2, 0.25) is 0 Å². The van der Waals surface area contributed by atoms with Crippen LogP contribution in [0.2, 0.25) is 0 Å². The van der Waals surface area contributed by atoms with E-state index < -0.39 is 0 Å². The minimum atomic E-state index is -0.128. The molecule has 1 amide bonds. The first-order valence-electron chi connectivity index (χ1n) is 5.76. The molecule has 5 nitrogen and oxygen atoms in total. The van der Waals surface area contributed by atoms with Gasteiger partial charge < -0.3 is 15.8 Å². The Kier molecular flexibility index (Phi) is 6.03. The van der Waals surface area contributed by atoms with Crippen molar-refractivity contribution in [1.82, 2.24) is 10.3 Å². The molecule has 0 aliphatic rings. The predicted molar refractivity (Wildman–Crippen MR) is 66.0 cm³/mol. The SMILES string of the molecule is COc1cnccc1C(=O)NCCCCCN. The van der Waals surface area contributed by atoms with Crippen molar-refractivity contribution < 1.29 is 9.53 Å². The van der Waals surface area contributed by atoms with Crippen molar-refractivity contribution in [2.75, 3.05) is 20.2 Å². The number of hydrogen-bond acceptors (Lipinski definition) is 4. The summed E-state index contributed by atoms with van der Waals surface area (Å²) in [4.78, 5) is 15.7. The molecule has 0 atom stereocenters. The average molecular weight is 237 g/mol. The van der Waals surface area contributed by atoms with Gasteiger partial charge in [0, 0.05) is 12.7 Å². The van der Waals surface area contributed by atoms with Crippen molar-refractivity contribution in [3.63, 3.8) is 0 Å². The first kappa shape index (κ1) is 13.4. The lowest BCUT2D eigenvalue weighted by Crippen LogP contribution is -2.25. The zero-order chi connectivity index (χ0) is 12.5. The average Bonchev–Trinajstić information content (AvgIpc) is 2.38. The minimum absolute atomic E-state index is 0.128. The number of rotatable bonds is 7. The van der Waals surface area contributed by atoms with Crippen LogP contribution < -0.4 is 15.8 Å². The predicted octanol–water partition coefficient (Wildman–Crippen LogP) is 0.949. The smallest absolute Gasteiger partial charge is 0.255 e. The molecule has 0 aromatic carbocycles. The fourth-order valence-electron chi connectivity index (χ4n) is 1.47. The van der Waals surface area contributed by atoms with Crippen molar-refractivity contribution in [3.05, 3.63) is 24.0 Å². The number of aromatic nitrogens is 1. The third-order valence-electron chi connectivity index (χ3n) is 2.42. The van der Waals surface area contributed by atoms with Crippen molar-refractivity contribution in [2.24, 2.45) is 5.73 Å². The van der Waals surface area contributed by atoms with Crippen LogP contribution >= 0.6 is 0 Å². The first-order valence-corrected chi connectivity index (χ1v) is 5.76. The van der Waals surface area contributed by atoms with Crippen molar-refractivity contribution >= 4 is 5.91 Å². The standard InChI is InChI=1S/C12H19N3O2/c1-17-11-9-14-8-5-10(11)12(16)15-7-4-2-3-6-13/h5,8-9H,2-4,6-7,13H2,1H3,(H,15,16). The monoisotopic (exact) mass is 237 g/mol. The van der Waals surface area contributed by atoms with E-state index in [1.807, 2.05) is 0 Å². The van der Waals surface area contributed by atoms with Crippen LogP contribution in [0.5, 0.6) is 5.75 Å². The van der Waals surface area contributed by atoms with Crippen LogP contribution in [0.15, 0.2) is 18.5 Å². The summed E-state index contributed by atoms with van der Waals surface area (Å²) in [5, 5.41) is 2.85. The lowest BCUT2D eigenvalue weighted by Gasteiger charge is -2.08. The number of ether oxygens (including phenoxy) is 1. The van der Waals surface area contributed by atoms with E-state index >= 15 is 0 Å². The molecule has 17 heavy (non-hydrogen) atoms. The molecule has 0 radical (unpaired) electrons. The second kappa shape index (κ2) is 7.62. The largest absolute Gasteiger partial charge is 0.494 e. The van der Waals surface area contributed by atoms with Gasteiger partial charge in [0.1, 0.15) is 5.75 Å². The van der Waals surface area contributed by atoms with E-state index in [1.54, 1.807) is 12.3 Å². The Hall–Kier alpha value is -1.62. The zero-order valence-electron chi connectivity index (χ0n) is 10.1. The summed E-state index contributed by atoms with van der Waals surface area (Å²) in [6.07, 6.45) is 6.07. The van der Waals surface area contributed by atoms with Gasteiger partial charge in [0.05, 0.1) is 18.9 Å². The molecule has 1 aromatic rings. The highest BCUT2D eigenvalue weighted by atomic mass is 16.5. The summed E-state index contributed by atoms with van der Waals surface area (Å²) >= 11 is 0. The number of carbonyl (C=O) groups excluding carboxylic acids is 1. The van der Waals surface area contributed by atoms with Gasteiger partial charge in [0.25, 0.3) is 5.91 Å². The number of carbonyl (C=O) groups is 1. The highest BCUT2D eigenvalue weighted by Crippen LogP contribution is 2.15. The highest BCUT2D eigenvalue weighted by molar-refractivity contribution is 5.96. The number of unbranched alkanes of at least 4 members (excludes halogenated alkanes) is 2. The van der Waals surface area contributed by atoms with Crippen LogP contribution in [0.1, 0.15) is 29.6 Å². The summed E-state index contributed by atoms with van der Waals surface area (Å²) in [6.45, 7) is 1.36. The molecular formula is C12H19N3O2. The van der Waals surface area contributed by atoms with Gasteiger partial charge in [-0.2, -0.15) is 0 Å². The molecule has 0 aliphatic heterocycles. The molecule has 0 spiro atoms. The Balaban J connectivity index is 2.41. The second-order valence-corrected chi connectivity index (χ2v) is 3.68. The number of amides is 1. The molecule has 1 heterocycles. The Bertz CT molecular complexity index is 355. The Morgan fingerprint density at radius 3 is 3.00 bits per heavy atom. The Morgan fingerprint density at radius 2 is 2.29 bits per heavy atom. The van der Waals surface area contributed by atoms with Gasteiger partial charge >= 0.3 is 0 Å². The van der Waals surface area contributed by atoms with Gasteiger partial charge in [-0.3, -0.25) is 9.78 Å². The van der Waals surface area contributed by atoms with Gasteiger partial charge in [-0.25, -0.2) is 0 Å². The van der Waals surface area contributed by atoms with Crippen molar-refractivity contribution in [2.45, 2.75) is 19.3 Å². The van der Waals surface area contributed by atoms with Gasteiger partial charge in [-0.1, -0.05) is 6.42 Å². The van der Waals surface area contributed by atoms with Crippen LogP contribution in [0.3, 0.4) is 0 Å². The second-order valence-electron chi connectivity index (χ2n) is 3.68. The molecule has 0 aliphatic carbocycles. The molecule has 5 heteroatoms. The fourth-order valence-corrected chi connectivity index (χ4v) is 1.47. The molecule has 0 unspecified atom stereocenters. The molecule has 3 N–H and O–H groups in total. The van der Waals surface area contributed by atoms with E-state index in [-0.39, 0.29) is 5.91 Å². The molecule has 0 saturated carbocycles. The lowest BCUT2D eigenvalue weighted by atomic mass is 10.2. The molecule has 94 valence electrons. The summed E-state index contributed by atoms with van der Waals surface area (Å²) < 4.78 is 5.07. The maximum atomic E-state index is 11.8. The van der Waals surface area contributed by atoms with E-state index in [9.17, 15) is 4.79 Å². The number of nitrogens with zero attached hydrogens (tertiary/aromatic N) is 1. The normalized spacial score (nSPS) is 10.0. The van der Waals surface area contributed by atoms with E-state index in [1.165, 1.54) is 13.3 Å². The molecule has 0 saturated heterocycles. The topological polar surface area (TPSA) is 77.2 Å². The maximum absolute atomic E-state index is 11.8. The van der Waals surface area contributed by atoms with Gasteiger partial charge in [0.15, 0.2) is 0 Å². The van der Waals surface area contributed by atoms with E-state index in [2.05, 4.69) is 10.3 Å². The van der Waals surface area contributed by atoms with E-state index in [0.29, 0.717) is 24.4 Å². The quantitative estimate of drug-likeness (QED) is 0.692. The third kappa shape index (κ3) is 4.40. The van der Waals surface area contributed by atoms with Crippen LogP contribution in [0.4, 0.5) is 0 Å². The van der Waals surface area contributed by atoms with E-state index in [0.717, 1.165) is 19.3 Å². The highest BCUT2D eigenvalue weighted by Gasteiger charge is 2.10. The lowest BCUT2D eigenvalue weighted by molar-refractivity contribution is 0.0950. The number of hydrogen-bond donors (Lipinski definition) is 2. The van der Waals surface area contributed by atoms with Gasteiger partial charge in [-0.15, -0.1) is 0 Å². The third-order valence-corrected chi connectivity index (χ3v) is 2.42.